The number of hydrogen-bond donors (Lipinski definition) is 2. The molecule has 0 atom stereocenters. The minimum Gasteiger partial charge on any atom is -0.322 e. The van der Waals surface area contributed by atoms with Gasteiger partial charge in [-0.1, -0.05) is 48.5 Å². The molecule has 0 saturated heterocycles. The summed E-state index contributed by atoms with van der Waals surface area (Å²) < 4.78 is 27.5. The van der Waals surface area contributed by atoms with Crippen LogP contribution in [0.2, 0.25) is 0 Å². The fourth-order valence-electron chi connectivity index (χ4n) is 3.18. The van der Waals surface area contributed by atoms with Gasteiger partial charge in [-0.2, -0.15) is 0 Å². The van der Waals surface area contributed by atoms with Crippen molar-refractivity contribution in [2.75, 3.05) is 10.6 Å². The number of halogens is 2. The summed E-state index contributed by atoms with van der Waals surface area (Å²) in [6, 6.07) is 25.8. The molecule has 0 spiro atoms. The van der Waals surface area contributed by atoms with Crippen LogP contribution in [0.1, 0.15) is 20.7 Å². The first-order valence-electron chi connectivity index (χ1n) is 9.83. The molecule has 2 amide bonds. The van der Waals surface area contributed by atoms with Crippen LogP contribution in [0.4, 0.5) is 20.2 Å². The molecule has 0 aromatic heterocycles. The van der Waals surface area contributed by atoms with E-state index >= 15 is 0 Å². The van der Waals surface area contributed by atoms with Crippen LogP contribution in [0.25, 0.3) is 11.1 Å². The van der Waals surface area contributed by atoms with Gasteiger partial charge < -0.3 is 10.6 Å². The Bertz CT molecular complexity index is 1170. The van der Waals surface area contributed by atoms with E-state index in [1.807, 2.05) is 24.3 Å². The van der Waals surface area contributed by atoms with Gasteiger partial charge in [-0.25, -0.2) is 8.78 Å². The molecule has 0 heterocycles. The maximum atomic E-state index is 13.8. The van der Waals surface area contributed by atoms with Gasteiger partial charge in [-0.3, -0.25) is 9.59 Å². The van der Waals surface area contributed by atoms with Crippen molar-refractivity contribution in [2.24, 2.45) is 0 Å². The Labute approximate surface area is 183 Å². The molecule has 4 rings (SSSR count). The Morgan fingerprint density at radius 1 is 0.500 bits per heavy atom. The second-order valence-corrected chi connectivity index (χ2v) is 7.02. The molecule has 4 aromatic carbocycles. The molecule has 4 nitrogen and oxygen atoms in total. The van der Waals surface area contributed by atoms with Crippen LogP contribution in [0.3, 0.4) is 0 Å². The van der Waals surface area contributed by atoms with E-state index < -0.39 is 23.4 Å². The van der Waals surface area contributed by atoms with Crippen LogP contribution in [0, 0.1) is 11.6 Å². The van der Waals surface area contributed by atoms with E-state index in [-0.39, 0.29) is 11.1 Å². The van der Waals surface area contributed by atoms with E-state index in [0.29, 0.717) is 11.4 Å². The number of nitrogens with one attached hydrogen (secondary N) is 2. The quantitative estimate of drug-likeness (QED) is 0.401. The lowest BCUT2D eigenvalue weighted by atomic mass is 10.0. The van der Waals surface area contributed by atoms with Crippen LogP contribution in [0.15, 0.2) is 97.1 Å². The van der Waals surface area contributed by atoms with E-state index in [9.17, 15) is 18.4 Å². The Morgan fingerprint density at radius 3 is 1.19 bits per heavy atom. The topological polar surface area (TPSA) is 58.2 Å². The minimum absolute atomic E-state index is 0.0235. The Hall–Kier alpha value is -4.32. The zero-order valence-electron chi connectivity index (χ0n) is 16.8. The zero-order valence-corrected chi connectivity index (χ0v) is 16.8. The number of anilines is 2. The molecule has 0 aliphatic carbocycles. The van der Waals surface area contributed by atoms with Crippen LogP contribution in [-0.4, -0.2) is 11.8 Å². The van der Waals surface area contributed by atoms with Crippen LogP contribution >= 0.6 is 0 Å². The number of carbonyl (C=O) groups is 2. The molecule has 0 bridgehead atoms. The summed E-state index contributed by atoms with van der Waals surface area (Å²) in [7, 11) is 0. The summed E-state index contributed by atoms with van der Waals surface area (Å²) >= 11 is 0. The number of amides is 2. The van der Waals surface area contributed by atoms with Crippen molar-refractivity contribution in [3.05, 3.63) is 120 Å². The van der Waals surface area contributed by atoms with Crippen molar-refractivity contribution in [1.82, 2.24) is 0 Å². The predicted molar refractivity (Wildman–Crippen MR) is 121 cm³/mol. The lowest BCUT2D eigenvalue weighted by Crippen LogP contribution is -2.13. The third kappa shape index (κ3) is 4.70. The van der Waals surface area contributed by atoms with E-state index in [2.05, 4.69) is 10.6 Å². The highest BCUT2D eigenvalue weighted by Crippen LogP contribution is 2.24. The molecule has 158 valence electrons. The molecule has 32 heavy (non-hydrogen) atoms. The van der Waals surface area contributed by atoms with Gasteiger partial charge in [0.15, 0.2) is 0 Å². The standard InChI is InChI=1S/C26H18F2N2O2/c27-23-7-3-1-5-21(23)25(31)29-19-13-9-17(10-14-19)18-11-15-20(16-12-18)30-26(32)22-6-2-4-8-24(22)28/h1-16H,(H,29,31)(H,30,32). The summed E-state index contributed by atoms with van der Waals surface area (Å²) in [5.74, 6) is -2.20. The fourth-order valence-corrected chi connectivity index (χ4v) is 3.18. The molecule has 0 saturated carbocycles. The predicted octanol–water partition coefficient (Wildman–Crippen LogP) is 6.14. The Kier molecular flexibility index (Phi) is 6.03. The smallest absolute Gasteiger partial charge is 0.258 e. The molecule has 0 aliphatic rings. The summed E-state index contributed by atoms with van der Waals surface area (Å²) in [6.07, 6.45) is 0. The first-order valence-corrected chi connectivity index (χ1v) is 9.83. The van der Waals surface area contributed by atoms with Crippen molar-refractivity contribution < 1.29 is 18.4 Å². The lowest BCUT2D eigenvalue weighted by molar-refractivity contribution is 0.101. The summed E-state index contributed by atoms with van der Waals surface area (Å²) in [5.41, 5.74) is 2.81. The van der Waals surface area contributed by atoms with Gasteiger partial charge in [0, 0.05) is 11.4 Å². The Morgan fingerprint density at radius 2 is 0.844 bits per heavy atom. The molecule has 0 radical (unpaired) electrons. The summed E-state index contributed by atoms with van der Waals surface area (Å²) in [6.45, 7) is 0. The molecule has 4 aromatic rings. The van der Waals surface area contributed by atoms with Gasteiger partial charge >= 0.3 is 0 Å². The van der Waals surface area contributed by atoms with Gasteiger partial charge in [0.1, 0.15) is 11.6 Å². The average Bonchev–Trinajstić information content (AvgIpc) is 2.80. The van der Waals surface area contributed by atoms with Gasteiger partial charge in [0.25, 0.3) is 11.8 Å². The van der Waals surface area contributed by atoms with Crippen molar-refractivity contribution in [3.63, 3.8) is 0 Å². The monoisotopic (exact) mass is 428 g/mol. The fraction of sp³-hybridized carbons (Fsp3) is 0. The number of rotatable bonds is 5. The summed E-state index contributed by atoms with van der Waals surface area (Å²) in [4.78, 5) is 24.5. The third-order valence-corrected chi connectivity index (χ3v) is 4.86. The molecule has 0 fully saturated rings. The molecular formula is C26H18F2N2O2. The van der Waals surface area contributed by atoms with Gasteiger partial charge in [0.05, 0.1) is 11.1 Å². The number of carbonyl (C=O) groups excluding carboxylic acids is 2. The zero-order chi connectivity index (χ0) is 22.5. The average molecular weight is 428 g/mol. The van der Waals surface area contributed by atoms with E-state index in [1.54, 1.807) is 36.4 Å². The highest BCUT2D eigenvalue weighted by Gasteiger charge is 2.12. The SMILES string of the molecule is O=C(Nc1ccc(-c2ccc(NC(=O)c3ccccc3F)cc2)cc1)c1ccccc1F. The van der Waals surface area contributed by atoms with E-state index in [4.69, 9.17) is 0 Å². The highest BCUT2D eigenvalue weighted by atomic mass is 19.1. The number of benzene rings is 4. The summed E-state index contributed by atoms with van der Waals surface area (Å²) in [5, 5.41) is 5.34. The molecule has 0 aliphatic heterocycles. The minimum atomic E-state index is -0.580. The molecular weight excluding hydrogens is 410 g/mol. The molecule has 2 N–H and O–H groups in total. The van der Waals surface area contributed by atoms with E-state index in [1.165, 1.54) is 36.4 Å². The number of hydrogen-bond acceptors (Lipinski definition) is 2. The normalized spacial score (nSPS) is 10.4. The Balaban J connectivity index is 1.42. The first kappa shape index (κ1) is 20.9. The highest BCUT2D eigenvalue weighted by molar-refractivity contribution is 6.05. The largest absolute Gasteiger partial charge is 0.322 e. The molecule has 6 heteroatoms. The second-order valence-electron chi connectivity index (χ2n) is 7.02. The van der Waals surface area contributed by atoms with Gasteiger partial charge in [-0.15, -0.1) is 0 Å². The maximum absolute atomic E-state index is 13.8. The third-order valence-electron chi connectivity index (χ3n) is 4.86. The van der Waals surface area contributed by atoms with E-state index in [0.717, 1.165) is 11.1 Å². The first-order chi connectivity index (χ1) is 15.5. The van der Waals surface area contributed by atoms with Crippen LogP contribution in [-0.2, 0) is 0 Å². The van der Waals surface area contributed by atoms with Crippen molar-refractivity contribution in [3.8, 4) is 11.1 Å². The van der Waals surface area contributed by atoms with Crippen molar-refractivity contribution >= 4 is 23.2 Å². The van der Waals surface area contributed by atoms with Gasteiger partial charge in [-0.05, 0) is 59.7 Å². The van der Waals surface area contributed by atoms with Crippen LogP contribution < -0.4 is 10.6 Å². The lowest BCUT2D eigenvalue weighted by Gasteiger charge is -2.09. The van der Waals surface area contributed by atoms with Crippen molar-refractivity contribution in [2.45, 2.75) is 0 Å². The van der Waals surface area contributed by atoms with Crippen molar-refractivity contribution in [1.29, 1.82) is 0 Å². The molecule has 0 unspecified atom stereocenters. The second kappa shape index (κ2) is 9.22. The van der Waals surface area contributed by atoms with Gasteiger partial charge in [0.2, 0.25) is 0 Å². The maximum Gasteiger partial charge on any atom is 0.258 e. The van der Waals surface area contributed by atoms with Crippen LogP contribution in [0.5, 0.6) is 0 Å².